The van der Waals surface area contributed by atoms with E-state index in [0.29, 0.717) is 12.7 Å². The number of fused-ring (bicyclic) bond motifs is 1. The highest BCUT2D eigenvalue weighted by Crippen LogP contribution is 2.26. The van der Waals surface area contributed by atoms with Gasteiger partial charge in [-0.15, -0.1) is 0 Å². The van der Waals surface area contributed by atoms with Crippen molar-refractivity contribution in [2.24, 2.45) is 0 Å². The summed E-state index contributed by atoms with van der Waals surface area (Å²) in [6, 6.07) is 9.96. The van der Waals surface area contributed by atoms with Crippen LogP contribution in [0, 0.1) is 0 Å². The predicted octanol–water partition coefficient (Wildman–Crippen LogP) is 3.41. The lowest BCUT2D eigenvalue weighted by molar-refractivity contribution is -0.0427. The smallest absolute Gasteiger partial charge is 0.162 e. The van der Waals surface area contributed by atoms with Gasteiger partial charge in [0.1, 0.15) is 6.10 Å². The van der Waals surface area contributed by atoms with Crippen LogP contribution in [0.15, 0.2) is 55.2 Å². The van der Waals surface area contributed by atoms with Crippen LogP contribution in [0.3, 0.4) is 0 Å². The molecule has 1 saturated carbocycles. The Morgan fingerprint density at radius 1 is 1.21 bits per heavy atom. The molecule has 0 bridgehead atoms. The zero-order valence-corrected chi connectivity index (χ0v) is 15.3. The van der Waals surface area contributed by atoms with Gasteiger partial charge in [0.05, 0.1) is 42.8 Å². The summed E-state index contributed by atoms with van der Waals surface area (Å²) >= 11 is 0. The average molecular weight is 375 g/mol. The molecule has 3 aromatic heterocycles. The zero-order chi connectivity index (χ0) is 18.9. The normalized spacial score (nSPS) is 15.6. The zero-order valence-electron chi connectivity index (χ0n) is 15.3. The summed E-state index contributed by atoms with van der Waals surface area (Å²) in [5.41, 5.74) is 4.38. The van der Waals surface area contributed by atoms with Crippen LogP contribution in [-0.4, -0.2) is 42.5 Å². The van der Waals surface area contributed by atoms with Crippen LogP contribution < -0.4 is 0 Å². The number of pyridine rings is 1. The van der Waals surface area contributed by atoms with Crippen molar-refractivity contribution in [1.82, 2.24) is 24.7 Å². The first-order chi connectivity index (χ1) is 13.8. The number of aliphatic hydroxyl groups is 1. The maximum Gasteiger partial charge on any atom is 0.162 e. The van der Waals surface area contributed by atoms with Gasteiger partial charge in [0.2, 0.25) is 0 Å². The lowest BCUT2D eigenvalue weighted by Crippen LogP contribution is -2.24. The Labute approximate surface area is 162 Å². The van der Waals surface area contributed by atoms with E-state index in [1.54, 1.807) is 29.6 Å². The van der Waals surface area contributed by atoms with E-state index in [9.17, 15) is 5.11 Å². The number of aliphatic hydroxyl groups excluding tert-OH is 1. The molecule has 4 aromatic rings. The lowest BCUT2D eigenvalue weighted by atomic mass is 9.96. The molecule has 0 saturated heterocycles. The molecule has 0 amide bonds. The van der Waals surface area contributed by atoms with Gasteiger partial charge in [0.25, 0.3) is 0 Å². The van der Waals surface area contributed by atoms with E-state index < -0.39 is 6.10 Å². The third kappa shape index (κ3) is 3.19. The Kier molecular flexibility index (Phi) is 4.38. The number of ether oxygens (including phenoxy) is 1. The quantitative estimate of drug-likeness (QED) is 0.539. The fourth-order valence-corrected chi connectivity index (χ4v) is 3.39. The number of nitrogens with zero attached hydrogens (tertiary/aromatic N) is 4. The number of hydrogen-bond acceptors (Lipinski definition) is 5. The van der Waals surface area contributed by atoms with Crippen molar-refractivity contribution in [3.05, 3.63) is 60.8 Å². The molecule has 1 atom stereocenters. The maximum absolute atomic E-state index is 10.4. The van der Waals surface area contributed by atoms with E-state index in [4.69, 9.17) is 4.74 Å². The van der Waals surface area contributed by atoms with Gasteiger partial charge < -0.3 is 14.8 Å². The second-order valence-electron chi connectivity index (χ2n) is 7.16. The molecule has 7 nitrogen and oxygen atoms in total. The maximum atomic E-state index is 10.4. The fraction of sp³-hybridized carbons (Fsp3) is 0.286. The number of rotatable bonds is 6. The van der Waals surface area contributed by atoms with E-state index in [-0.39, 0.29) is 0 Å². The summed E-state index contributed by atoms with van der Waals surface area (Å²) < 4.78 is 7.52. The van der Waals surface area contributed by atoms with Crippen molar-refractivity contribution in [2.45, 2.75) is 31.5 Å². The summed E-state index contributed by atoms with van der Waals surface area (Å²) in [5, 5.41) is 15.8. The van der Waals surface area contributed by atoms with E-state index in [2.05, 4.69) is 20.1 Å². The Balaban J connectivity index is 1.41. The average Bonchev–Trinajstić information content (AvgIpc) is 3.36. The molecule has 0 unspecified atom stereocenters. The summed E-state index contributed by atoms with van der Waals surface area (Å²) in [7, 11) is 0. The third-order valence-corrected chi connectivity index (χ3v) is 5.26. The summed E-state index contributed by atoms with van der Waals surface area (Å²) in [6.45, 7) is 0.304. The standard InChI is InChI=1S/C21H21N5O2/c27-20(12-28-18-5-2-6-18)15-7-16-10-25-26(21(16)23-9-15)17-4-1-3-14(8-17)19-11-22-13-24-19/h1,3-4,7-11,13,18,20,27H,2,5-6,12H2,(H,22,24)/t20-/m1/s1. The van der Waals surface area contributed by atoms with Crippen LogP contribution in [0.5, 0.6) is 0 Å². The van der Waals surface area contributed by atoms with Crippen molar-refractivity contribution < 1.29 is 9.84 Å². The Bertz CT molecular complexity index is 1090. The highest BCUT2D eigenvalue weighted by Gasteiger charge is 2.20. The molecule has 1 fully saturated rings. The third-order valence-electron chi connectivity index (χ3n) is 5.26. The minimum absolute atomic E-state index is 0.302. The number of imidazole rings is 1. The first-order valence-corrected chi connectivity index (χ1v) is 9.50. The number of hydrogen-bond donors (Lipinski definition) is 2. The molecular weight excluding hydrogens is 354 g/mol. The molecule has 5 rings (SSSR count). The number of aromatic amines is 1. The van der Waals surface area contributed by atoms with Crippen molar-refractivity contribution in [3.8, 4) is 16.9 Å². The van der Waals surface area contributed by atoms with E-state index in [1.807, 2.05) is 30.3 Å². The topological polar surface area (TPSA) is 88.8 Å². The van der Waals surface area contributed by atoms with Crippen molar-refractivity contribution in [3.63, 3.8) is 0 Å². The number of nitrogens with one attached hydrogen (secondary N) is 1. The summed E-state index contributed by atoms with van der Waals surface area (Å²) in [4.78, 5) is 11.7. The molecule has 0 radical (unpaired) electrons. The number of benzene rings is 1. The van der Waals surface area contributed by atoms with E-state index in [1.165, 1.54) is 6.42 Å². The lowest BCUT2D eigenvalue weighted by Gasteiger charge is -2.26. The molecule has 3 heterocycles. The van der Waals surface area contributed by atoms with Gasteiger partial charge in [0, 0.05) is 22.7 Å². The minimum Gasteiger partial charge on any atom is -0.386 e. The van der Waals surface area contributed by atoms with Gasteiger partial charge in [-0.05, 0) is 37.5 Å². The van der Waals surface area contributed by atoms with Gasteiger partial charge in [-0.2, -0.15) is 5.10 Å². The molecule has 1 aliphatic carbocycles. The molecule has 0 spiro atoms. The van der Waals surface area contributed by atoms with Gasteiger partial charge in [-0.25, -0.2) is 14.6 Å². The molecule has 142 valence electrons. The highest BCUT2D eigenvalue weighted by atomic mass is 16.5. The van der Waals surface area contributed by atoms with Gasteiger partial charge in [-0.3, -0.25) is 0 Å². The second kappa shape index (κ2) is 7.18. The minimum atomic E-state index is -0.676. The summed E-state index contributed by atoms with van der Waals surface area (Å²) in [5.74, 6) is 0. The largest absolute Gasteiger partial charge is 0.386 e. The molecule has 28 heavy (non-hydrogen) atoms. The summed E-state index contributed by atoms with van der Waals surface area (Å²) in [6.07, 6.45) is 9.95. The van der Waals surface area contributed by atoms with Crippen molar-refractivity contribution >= 4 is 11.0 Å². The first-order valence-electron chi connectivity index (χ1n) is 9.50. The van der Waals surface area contributed by atoms with Crippen LogP contribution in [0.2, 0.25) is 0 Å². The highest BCUT2D eigenvalue weighted by molar-refractivity contribution is 5.77. The molecule has 0 aliphatic heterocycles. The van der Waals surface area contributed by atoms with Crippen molar-refractivity contribution in [1.29, 1.82) is 0 Å². The number of H-pyrrole nitrogens is 1. The number of aromatic nitrogens is 5. The van der Waals surface area contributed by atoms with Gasteiger partial charge in [0.15, 0.2) is 5.65 Å². The second-order valence-corrected chi connectivity index (χ2v) is 7.16. The molecule has 1 aromatic carbocycles. The van der Waals surface area contributed by atoms with Crippen LogP contribution >= 0.6 is 0 Å². The van der Waals surface area contributed by atoms with Crippen LogP contribution in [-0.2, 0) is 4.74 Å². The van der Waals surface area contributed by atoms with Crippen molar-refractivity contribution in [2.75, 3.05) is 6.61 Å². The Morgan fingerprint density at radius 2 is 2.14 bits per heavy atom. The molecular formula is C21H21N5O2. The monoisotopic (exact) mass is 375 g/mol. The molecule has 2 N–H and O–H groups in total. The van der Waals surface area contributed by atoms with Crippen LogP contribution in [0.1, 0.15) is 30.9 Å². The van der Waals surface area contributed by atoms with Gasteiger partial charge in [-0.1, -0.05) is 12.1 Å². The van der Waals surface area contributed by atoms with E-state index in [0.717, 1.165) is 46.4 Å². The Hall–Kier alpha value is -3.03. The molecule has 7 heteroatoms. The van der Waals surface area contributed by atoms with Crippen LogP contribution in [0.4, 0.5) is 0 Å². The SMILES string of the molecule is O[C@H](COC1CCC1)c1cnc2c(cnn2-c2cccc(-c3cnc[nH]3)c2)c1. The Morgan fingerprint density at radius 3 is 2.93 bits per heavy atom. The van der Waals surface area contributed by atoms with Crippen LogP contribution in [0.25, 0.3) is 28.0 Å². The predicted molar refractivity (Wildman–Crippen MR) is 105 cm³/mol. The fourth-order valence-electron chi connectivity index (χ4n) is 3.39. The van der Waals surface area contributed by atoms with Gasteiger partial charge >= 0.3 is 0 Å². The van der Waals surface area contributed by atoms with E-state index >= 15 is 0 Å². The molecule has 1 aliphatic rings. The first kappa shape index (κ1) is 17.1.